The molecule has 23 heavy (non-hydrogen) atoms. The number of benzene rings is 1. The van der Waals surface area contributed by atoms with Gasteiger partial charge in [0.2, 0.25) is 0 Å². The summed E-state index contributed by atoms with van der Waals surface area (Å²) in [5.74, 6) is -0.353. The Kier molecular flexibility index (Phi) is 4.80. The molecule has 2 heterocycles. The second-order valence-corrected chi connectivity index (χ2v) is 6.05. The smallest absolute Gasteiger partial charge is 0.266 e. The van der Waals surface area contributed by atoms with Crippen LogP contribution in [0.5, 0.6) is 0 Å². The summed E-state index contributed by atoms with van der Waals surface area (Å²) in [5, 5.41) is 6.54. The van der Waals surface area contributed by atoms with Crippen LogP contribution in [-0.2, 0) is 0 Å². The van der Waals surface area contributed by atoms with Crippen molar-refractivity contribution in [2.75, 3.05) is 0 Å². The fraction of sp³-hybridized carbons (Fsp3) is 0. The van der Waals surface area contributed by atoms with Gasteiger partial charge in [-0.2, -0.15) is 5.10 Å². The highest BCUT2D eigenvalue weighted by atomic mass is 35.5. The highest BCUT2D eigenvalue weighted by molar-refractivity contribution is 7.11. The van der Waals surface area contributed by atoms with E-state index in [0.29, 0.717) is 16.4 Å². The van der Waals surface area contributed by atoms with E-state index in [1.807, 2.05) is 35.7 Å². The number of pyridine rings is 1. The molecule has 0 fully saturated rings. The number of thiophene rings is 1. The van der Waals surface area contributed by atoms with Gasteiger partial charge in [0.1, 0.15) is 5.69 Å². The van der Waals surface area contributed by atoms with E-state index in [2.05, 4.69) is 15.5 Å². The fourth-order valence-electron chi connectivity index (χ4n) is 1.92. The molecule has 0 unspecified atom stereocenters. The third-order valence-corrected chi connectivity index (χ3v) is 4.08. The van der Waals surface area contributed by atoms with Crippen molar-refractivity contribution in [3.63, 3.8) is 0 Å². The number of carbonyl (C=O) groups is 1. The molecule has 0 aliphatic rings. The number of carbonyl (C=O) groups excluding carboxylic acids is 1. The van der Waals surface area contributed by atoms with Crippen molar-refractivity contribution in [3.8, 4) is 11.3 Å². The Balaban J connectivity index is 1.74. The number of halogens is 1. The quantitative estimate of drug-likeness (QED) is 0.570. The van der Waals surface area contributed by atoms with E-state index in [0.717, 1.165) is 10.4 Å². The van der Waals surface area contributed by atoms with Crippen LogP contribution in [0.1, 0.15) is 15.4 Å². The molecule has 0 aliphatic carbocycles. The molecule has 1 aromatic carbocycles. The van der Waals surface area contributed by atoms with Crippen LogP contribution >= 0.6 is 22.9 Å². The highest BCUT2D eigenvalue weighted by Crippen LogP contribution is 2.19. The Morgan fingerprint density at radius 1 is 1.13 bits per heavy atom. The van der Waals surface area contributed by atoms with Crippen LogP contribution in [0.15, 0.2) is 65.1 Å². The van der Waals surface area contributed by atoms with E-state index < -0.39 is 0 Å². The molecule has 3 rings (SSSR count). The number of nitrogens with one attached hydrogen (secondary N) is 1. The van der Waals surface area contributed by atoms with Gasteiger partial charge in [-0.3, -0.25) is 4.79 Å². The minimum Gasteiger partial charge on any atom is -0.266 e. The predicted octanol–water partition coefficient (Wildman–Crippen LogP) is 4.23. The van der Waals surface area contributed by atoms with Crippen LogP contribution < -0.4 is 5.43 Å². The summed E-state index contributed by atoms with van der Waals surface area (Å²) < 4.78 is 0. The van der Waals surface area contributed by atoms with Crippen LogP contribution in [-0.4, -0.2) is 17.1 Å². The molecule has 3 aromatic rings. The second kappa shape index (κ2) is 7.17. The molecule has 6 heteroatoms. The molecule has 0 radical (unpaired) electrons. The normalized spacial score (nSPS) is 10.8. The Morgan fingerprint density at radius 3 is 2.70 bits per heavy atom. The lowest BCUT2D eigenvalue weighted by Gasteiger charge is -2.04. The summed E-state index contributed by atoms with van der Waals surface area (Å²) in [5.41, 5.74) is 4.38. The molecule has 0 saturated heterocycles. The first-order valence-electron chi connectivity index (χ1n) is 6.82. The Hall–Kier alpha value is -2.50. The minimum atomic E-state index is -0.353. The standard InChI is InChI=1S/C17H12ClN3OS/c18-13-8-6-12(7-9-13)15-4-1-5-16(20-15)17(22)21-19-11-14-3-2-10-23-14/h1-11H,(H,21,22). The number of nitrogens with zero attached hydrogens (tertiary/aromatic N) is 2. The Morgan fingerprint density at radius 2 is 1.96 bits per heavy atom. The molecule has 0 aliphatic heterocycles. The van der Waals surface area contributed by atoms with E-state index in [4.69, 9.17) is 11.6 Å². The first-order valence-corrected chi connectivity index (χ1v) is 8.08. The number of amides is 1. The van der Waals surface area contributed by atoms with Crippen molar-refractivity contribution in [2.45, 2.75) is 0 Å². The third-order valence-electron chi connectivity index (χ3n) is 3.02. The Bertz CT molecular complexity index is 829. The molecule has 1 N–H and O–H groups in total. The SMILES string of the molecule is O=C(NN=Cc1cccs1)c1cccc(-c2ccc(Cl)cc2)n1. The molecule has 0 bridgehead atoms. The van der Waals surface area contributed by atoms with Gasteiger partial charge in [0.25, 0.3) is 5.91 Å². The van der Waals surface area contributed by atoms with E-state index in [1.54, 1.807) is 41.8 Å². The van der Waals surface area contributed by atoms with Crippen LogP contribution in [0.4, 0.5) is 0 Å². The molecule has 114 valence electrons. The van der Waals surface area contributed by atoms with Gasteiger partial charge < -0.3 is 0 Å². The average Bonchev–Trinajstić information content (AvgIpc) is 3.09. The van der Waals surface area contributed by atoms with Crippen LogP contribution in [0.25, 0.3) is 11.3 Å². The molecule has 0 spiro atoms. The summed E-state index contributed by atoms with van der Waals surface area (Å²) in [4.78, 5) is 17.4. The second-order valence-electron chi connectivity index (χ2n) is 4.63. The lowest BCUT2D eigenvalue weighted by Crippen LogP contribution is -2.19. The summed E-state index contributed by atoms with van der Waals surface area (Å²) in [6.07, 6.45) is 1.60. The maximum atomic E-state index is 12.1. The summed E-state index contributed by atoms with van der Waals surface area (Å²) >= 11 is 7.43. The van der Waals surface area contributed by atoms with E-state index in [1.165, 1.54) is 0 Å². The molecule has 2 aromatic heterocycles. The van der Waals surface area contributed by atoms with E-state index in [9.17, 15) is 4.79 Å². The van der Waals surface area contributed by atoms with E-state index >= 15 is 0 Å². The van der Waals surface area contributed by atoms with Crippen molar-refractivity contribution in [1.29, 1.82) is 0 Å². The fourth-order valence-corrected chi connectivity index (χ4v) is 2.63. The van der Waals surface area contributed by atoms with Gasteiger partial charge in [0.05, 0.1) is 11.9 Å². The minimum absolute atomic E-state index is 0.306. The Labute approximate surface area is 142 Å². The zero-order valence-corrected chi connectivity index (χ0v) is 13.5. The molecule has 0 atom stereocenters. The summed E-state index contributed by atoms with van der Waals surface area (Å²) in [6, 6.07) is 16.4. The van der Waals surface area contributed by atoms with Crippen LogP contribution in [0, 0.1) is 0 Å². The van der Waals surface area contributed by atoms with Gasteiger partial charge in [-0.05, 0) is 35.7 Å². The lowest BCUT2D eigenvalue weighted by atomic mass is 10.1. The molecular formula is C17H12ClN3OS. The topological polar surface area (TPSA) is 54.4 Å². The van der Waals surface area contributed by atoms with E-state index in [-0.39, 0.29) is 5.91 Å². The molecular weight excluding hydrogens is 330 g/mol. The van der Waals surface area contributed by atoms with Gasteiger partial charge in [0, 0.05) is 15.5 Å². The van der Waals surface area contributed by atoms with Gasteiger partial charge in [0.15, 0.2) is 0 Å². The van der Waals surface area contributed by atoms with Gasteiger partial charge in [-0.15, -0.1) is 11.3 Å². The monoisotopic (exact) mass is 341 g/mol. The number of aromatic nitrogens is 1. The molecule has 0 saturated carbocycles. The maximum Gasteiger partial charge on any atom is 0.289 e. The van der Waals surface area contributed by atoms with Crippen molar-refractivity contribution in [2.24, 2.45) is 5.10 Å². The number of hydrazone groups is 1. The lowest BCUT2D eigenvalue weighted by molar-refractivity contribution is 0.0950. The van der Waals surface area contributed by atoms with Crippen LogP contribution in [0.3, 0.4) is 0 Å². The molecule has 4 nitrogen and oxygen atoms in total. The summed E-state index contributed by atoms with van der Waals surface area (Å²) in [7, 11) is 0. The molecule has 1 amide bonds. The first kappa shape index (κ1) is 15.4. The van der Waals surface area contributed by atoms with Crippen molar-refractivity contribution in [1.82, 2.24) is 10.4 Å². The number of hydrogen-bond acceptors (Lipinski definition) is 4. The number of hydrogen-bond donors (Lipinski definition) is 1. The van der Waals surface area contributed by atoms with Gasteiger partial charge in [-0.25, -0.2) is 10.4 Å². The maximum absolute atomic E-state index is 12.1. The van der Waals surface area contributed by atoms with Gasteiger partial charge >= 0.3 is 0 Å². The van der Waals surface area contributed by atoms with Gasteiger partial charge in [-0.1, -0.05) is 35.9 Å². The predicted molar refractivity (Wildman–Crippen MR) is 94.1 cm³/mol. The zero-order chi connectivity index (χ0) is 16.1. The van der Waals surface area contributed by atoms with Crippen molar-refractivity contribution >= 4 is 35.1 Å². The zero-order valence-electron chi connectivity index (χ0n) is 11.9. The first-order chi connectivity index (χ1) is 11.2. The largest absolute Gasteiger partial charge is 0.289 e. The summed E-state index contributed by atoms with van der Waals surface area (Å²) in [6.45, 7) is 0. The van der Waals surface area contributed by atoms with Crippen molar-refractivity contribution in [3.05, 3.63) is 75.6 Å². The number of rotatable bonds is 4. The van der Waals surface area contributed by atoms with Crippen molar-refractivity contribution < 1.29 is 4.79 Å². The third kappa shape index (κ3) is 4.03. The highest BCUT2D eigenvalue weighted by Gasteiger charge is 2.08. The average molecular weight is 342 g/mol. The van der Waals surface area contributed by atoms with Crippen LogP contribution in [0.2, 0.25) is 5.02 Å².